The van der Waals surface area contributed by atoms with Crippen molar-refractivity contribution in [2.24, 2.45) is 0 Å². The molecule has 0 aliphatic carbocycles. The van der Waals surface area contributed by atoms with Gasteiger partial charge in [0.25, 0.3) is 0 Å². The fourth-order valence-corrected chi connectivity index (χ4v) is 3.95. The van der Waals surface area contributed by atoms with E-state index in [-0.39, 0.29) is 11.9 Å². The molecule has 1 saturated heterocycles. The number of amides is 1. The zero-order valence-electron chi connectivity index (χ0n) is 14.5. The molecule has 0 radical (unpaired) electrons. The second-order valence-electron chi connectivity index (χ2n) is 7.07. The van der Waals surface area contributed by atoms with Crippen LogP contribution in [0.25, 0.3) is 0 Å². The first-order chi connectivity index (χ1) is 12.3. The second kappa shape index (κ2) is 7.28. The van der Waals surface area contributed by atoms with E-state index < -0.39 is 0 Å². The average molecular weight is 335 g/mol. The van der Waals surface area contributed by atoms with Gasteiger partial charge >= 0.3 is 0 Å². The lowest BCUT2D eigenvalue weighted by molar-refractivity contribution is -0.120. The highest BCUT2D eigenvalue weighted by molar-refractivity contribution is 5.82. The summed E-state index contributed by atoms with van der Waals surface area (Å²) in [6, 6.07) is 19.2. The molecule has 130 valence electrons. The molecule has 0 saturated carbocycles. The van der Waals surface area contributed by atoms with Crippen LogP contribution < -0.4 is 10.2 Å². The van der Waals surface area contributed by atoms with Crippen LogP contribution in [0.4, 0.5) is 5.69 Å². The van der Waals surface area contributed by atoms with Gasteiger partial charge in [-0.1, -0.05) is 48.5 Å². The van der Waals surface area contributed by atoms with Gasteiger partial charge in [0.1, 0.15) is 0 Å². The quantitative estimate of drug-likeness (QED) is 0.912. The predicted octanol–water partition coefficient (Wildman–Crippen LogP) is 2.44. The van der Waals surface area contributed by atoms with E-state index in [0.29, 0.717) is 6.54 Å². The fourth-order valence-electron chi connectivity index (χ4n) is 3.95. The largest absolute Gasteiger partial charge is 0.362 e. The van der Waals surface area contributed by atoms with Crippen LogP contribution in [0, 0.1) is 0 Å². The number of hydrogen-bond acceptors (Lipinski definition) is 3. The van der Waals surface area contributed by atoms with E-state index in [4.69, 9.17) is 0 Å². The van der Waals surface area contributed by atoms with Crippen LogP contribution in [0.5, 0.6) is 0 Å². The summed E-state index contributed by atoms with van der Waals surface area (Å²) in [5.74, 6) is 0.142. The molecule has 0 unspecified atom stereocenters. The Hall–Kier alpha value is -2.33. The van der Waals surface area contributed by atoms with Gasteiger partial charge in [-0.15, -0.1) is 0 Å². The third-order valence-corrected chi connectivity index (χ3v) is 5.20. The molecule has 1 atom stereocenters. The van der Waals surface area contributed by atoms with Crippen molar-refractivity contribution in [3.63, 3.8) is 0 Å². The fraction of sp³-hybridized carbons (Fsp3) is 0.381. The van der Waals surface area contributed by atoms with Crippen LogP contribution in [0.3, 0.4) is 0 Å². The van der Waals surface area contributed by atoms with E-state index in [1.807, 2.05) is 12.1 Å². The Labute approximate surface area is 149 Å². The van der Waals surface area contributed by atoms with Gasteiger partial charge in [-0.2, -0.15) is 0 Å². The smallest absolute Gasteiger partial charge is 0.239 e. The minimum atomic E-state index is 0.142. The van der Waals surface area contributed by atoms with Crippen molar-refractivity contribution in [3.05, 3.63) is 65.7 Å². The summed E-state index contributed by atoms with van der Waals surface area (Å²) < 4.78 is 0. The Kier molecular flexibility index (Phi) is 4.70. The van der Waals surface area contributed by atoms with Gasteiger partial charge in [-0.3, -0.25) is 9.69 Å². The Balaban J connectivity index is 1.27. The number of carbonyl (C=O) groups excluding carboxylic acids is 1. The Morgan fingerprint density at radius 2 is 1.84 bits per heavy atom. The van der Waals surface area contributed by atoms with Crippen molar-refractivity contribution in [1.82, 2.24) is 10.2 Å². The van der Waals surface area contributed by atoms with E-state index in [1.165, 1.54) is 16.8 Å². The molecule has 2 aromatic carbocycles. The summed E-state index contributed by atoms with van der Waals surface area (Å²) in [6.07, 6.45) is 2.08. The Bertz CT molecular complexity index is 731. The molecule has 4 nitrogen and oxygen atoms in total. The van der Waals surface area contributed by atoms with Crippen LogP contribution in [-0.2, 0) is 17.8 Å². The lowest BCUT2D eigenvalue weighted by Gasteiger charge is -2.21. The molecule has 0 spiro atoms. The molecule has 2 aliphatic rings. The SMILES string of the molecule is O=C(CN1CCc2ccccc21)N[C@H]1CCN(Cc2ccccc2)C1. The minimum Gasteiger partial charge on any atom is -0.362 e. The van der Waals surface area contributed by atoms with Crippen molar-refractivity contribution in [1.29, 1.82) is 0 Å². The molecule has 1 N–H and O–H groups in total. The highest BCUT2D eigenvalue weighted by atomic mass is 16.2. The first-order valence-electron chi connectivity index (χ1n) is 9.16. The van der Waals surface area contributed by atoms with E-state index in [2.05, 4.69) is 57.6 Å². The number of rotatable bonds is 5. The van der Waals surface area contributed by atoms with Crippen molar-refractivity contribution < 1.29 is 4.79 Å². The number of para-hydroxylation sites is 1. The number of carbonyl (C=O) groups is 1. The van der Waals surface area contributed by atoms with Crippen LogP contribution in [0.2, 0.25) is 0 Å². The molecule has 2 aliphatic heterocycles. The lowest BCUT2D eigenvalue weighted by atomic mass is 10.2. The number of nitrogens with zero attached hydrogens (tertiary/aromatic N) is 2. The average Bonchev–Trinajstić information content (AvgIpc) is 3.23. The van der Waals surface area contributed by atoms with Crippen molar-refractivity contribution in [3.8, 4) is 0 Å². The molecule has 2 aromatic rings. The van der Waals surface area contributed by atoms with Crippen LogP contribution >= 0.6 is 0 Å². The van der Waals surface area contributed by atoms with Gasteiger partial charge in [0.2, 0.25) is 5.91 Å². The summed E-state index contributed by atoms with van der Waals surface area (Å²) in [4.78, 5) is 17.1. The van der Waals surface area contributed by atoms with Gasteiger partial charge in [0.05, 0.1) is 6.54 Å². The summed E-state index contributed by atoms with van der Waals surface area (Å²) >= 11 is 0. The standard InChI is InChI=1S/C21H25N3O/c25-21(16-24-13-10-18-8-4-5-9-20(18)24)22-19-11-12-23(15-19)14-17-6-2-1-3-7-17/h1-9,19H,10-16H2,(H,22,25)/t19-/m0/s1. The molecule has 25 heavy (non-hydrogen) atoms. The zero-order valence-corrected chi connectivity index (χ0v) is 14.5. The number of benzene rings is 2. The monoisotopic (exact) mass is 335 g/mol. The first kappa shape index (κ1) is 16.2. The predicted molar refractivity (Wildman–Crippen MR) is 101 cm³/mol. The maximum Gasteiger partial charge on any atom is 0.239 e. The lowest BCUT2D eigenvalue weighted by Crippen LogP contribution is -2.42. The minimum absolute atomic E-state index is 0.142. The molecule has 4 rings (SSSR count). The zero-order chi connectivity index (χ0) is 17.1. The number of fused-ring (bicyclic) bond motifs is 1. The van der Waals surface area contributed by atoms with Crippen molar-refractivity contribution in [2.45, 2.75) is 25.4 Å². The third-order valence-electron chi connectivity index (χ3n) is 5.20. The molecule has 1 fully saturated rings. The Morgan fingerprint density at radius 3 is 2.72 bits per heavy atom. The molecule has 1 amide bonds. The van der Waals surface area contributed by atoms with Gasteiger partial charge in [0.15, 0.2) is 0 Å². The molecular formula is C21H25N3O. The summed E-state index contributed by atoms with van der Waals surface area (Å²) in [6.45, 7) is 4.36. The van der Waals surface area contributed by atoms with E-state index >= 15 is 0 Å². The number of anilines is 1. The number of nitrogens with one attached hydrogen (secondary N) is 1. The van der Waals surface area contributed by atoms with Crippen molar-refractivity contribution in [2.75, 3.05) is 31.1 Å². The number of hydrogen-bond donors (Lipinski definition) is 1. The maximum atomic E-state index is 12.5. The maximum absolute atomic E-state index is 12.5. The molecule has 2 heterocycles. The Morgan fingerprint density at radius 1 is 1.04 bits per heavy atom. The highest BCUT2D eigenvalue weighted by Crippen LogP contribution is 2.26. The van der Waals surface area contributed by atoms with E-state index in [0.717, 1.165) is 39.0 Å². The second-order valence-corrected chi connectivity index (χ2v) is 7.07. The summed E-state index contributed by atoms with van der Waals surface area (Å²) in [7, 11) is 0. The summed E-state index contributed by atoms with van der Waals surface area (Å²) in [5.41, 5.74) is 3.91. The van der Waals surface area contributed by atoms with E-state index in [9.17, 15) is 4.79 Å². The van der Waals surface area contributed by atoms with Crippen molar-refractivity contribution >= 4 is 11.6 Å². The van der Waals surface area contributed by atoms with E-state index in [1.54, 1.807) is 0 Å². The van der Waals surface area contributed by atoms with Gasteiger partial charge in [0, 0.05) is 37.9 Å². The van der Waals surface area contributed by atoms with Gasteiger partial charge in [-0.25, -0.2) is 0 Å². The first-order valence-corrected chi connectivity index (χ1v) is 9.16. The van der Waals surface area contributed by atoms with Crippen LogP contribution in [0.15, 0.2) is 54.6 Å². The topological polar surface area (TPSA) is 35.6 Å². The van der Waals surface area contributed by atoms with Crippen LogP contribution in [-0.4, -0.2) is 43.0 Å². The molecule has 0 bridgehead atoms. The third kappa shape index (κ3) is 3.85. The summed E-state index contributed by atoms with van der Waals surface area (Å²) in [5, 5.41) is 3.23. The van der Waals surface area contributed by atoms with Gasteiger partial charge < -0.3 is 10.2 Å². The van der Waals surface area contributed by atoms with Gasteiger partial charge in [-0.05, 0) is 30.0 Å². The highest BCUT2D eigenvalue weighted by Gasteiger charge is 2.26. The normalized spacial score (nSPS) is 19.8. The molecule has 0 aromatic heterocycles. The molecular weight excluding hydrogens is 310 g/mol. The molecule has 4 heteroatoms. The van der Waals surface area contributed by atoms with Crippen LogP contribution in [0.1, 0.15) is 17.5 Å². The number of likely N-dealkylation sites (tertiary alicyclic amines) is 1.